The molecule has 6 nitrogen and oxygen atoms in total. The lowest BCUT2D eigenvalue weighted by molar-refractivity contribution is -0.147. The monoisotopic (exact) mass is 270 g/mol. The zero-order valence-corrected chi connectivity index (χ0v) is 11.5. The molecule has 2 aliphatic rings. The van der Waals surface area contributed by atoms with E-state index in [0.717, 1.165) is 19.3 Å². The van der Waals surface area contributed by atoms with Crippen molar-refractivity contribution in [2.24, 2.45) is 0 Å². The first-order valence-electron chi connectivity index (χ1n) is 6.86. The summed E-state index contributed by atoms with van der Waals surface area (Å²) in [5, 5.41) is 12.2. The van der Waals surface area contributed by atoms with Crippen molar-refractivity contribution < 1.29 is 19.4 Å². The summed E-state index contributed by atoms with van der Waals surface area (Å²) in [7, 11) is 0. The molecular weight excluding hydrogens is 248 g/mol. The number of rotatable bonds is 2. The van der Waals surface area contributed by atoms with Gasteiger partial charge in [0.1, 0.15) is 5.54 Å². The van der Waals surface area contributed by atoms with Gasteiger partial charge in [0.25, 0.3) is 0 Å². The maximum Gasteiger partial charge on any atom is 0.329 e. The van der Waals surface area contributed by atoms with E-state index in [1.807, 2.05) is 6.92 Å². The Morgan fingerprint density at radius 2 is 2.21 bits per heavy atom. The molecule has 2 amide bonds. The smallest absolute Gasteiger partial charge is 0.329 e. The number of hydrogen-bond acceptors (Lipinski definition) is 3. The number of nitrogens with one attached hydrogen (secondary N) is 1. The Hall–Kier alpha value is -1.30. The van der Waals surface area contributed by atoms with Crippen LogP contribution in [0.25, 0.3) is 0 Å². The first-order valence-corrected chi connectivity index (χ1v) is 6.86. The molecule has 0 aliphatic carbocycles. The standard InChI is InChI=1S/C13H22N2O4/c1-9-8-10(4-7-19-9)14-12(18)15-6-3-5-13(15,2)11(16)17/h9-10H,3-8H2,1-2H3,(H,14,18)(H,16,17). The van der Waals surface area contributed by atoms with Crippen LogP contribution in [0, 0.1) is 0 Å². The van der Waals surface area contributed by atoms with Crippen LogP contribution in [-0.2, 0) is 9.53 Å². The number of likely N-dealkylation sites (tertiary alicyclic amines) is 1. The molecule has 2 fully saturated rings. The van der Waals surface area contributed by atoms with Gasteiger partial charge in [-0.2, -0.15) is 0 Å². The van der Waals surface area contributed by atoms with Crippen LogP contribution in [0.5, 0.6) is 0 Å². The van der Waals surface area contributed by atoms with Crippen LogP contribution < -0.4 is 5.32 Å². The molecule has 0 aromatic rings. The number of carbonyl (C=O) groups excluding carboxylic acids is 1. The van der Waals surface area contributed by atoms with E-state index in [0.29, 0.717) is 19.6 Å². The summed E-state index contributed by atoms with van der Waals surface area (Å²) >= 11 is 0. The Bertz CT molecular complexity index is 374. The third kappa shape index (κ3) is 2.83. The average molecular weight is 270 g/mol. The fourth-order valence-electron chi connectivity index (χ4n) is 2.89. The number of ether oxygens (including phenoxy) is 1. The average Bonchev–Trinajstić information content (AvgIpc) is 2.73. The summed E-state index contributed by atoms with van der Waals surface area (Å²) in [5.41, 5.74) is -1.07. The lowest BCUT2D eigenvalue weighted by atomic mass is 9.99. The lowest BCUT2D eigenvalue weighted by Gasteiger charge is -2.34. The first kappa shape index (κ1) is 14.1. The number of urea groups is 1. The van der Waals surface area contributed by atoms with Gasteiger partial charge in [-0.3, -0.25) is 0 Å². The lowest BCUT2D eigenvalue weighted by Crippen LogP contribution is -2.56. The maximum absolute atomic E-state index is 12.3. The molecule has 0 aromatic carbocycles. The van der Waals surface area contributed by atoms with E-state index in [1.165, 1.54) is 4.90 Å². The molecule has 19 heavy (non-hydrogen) atoms. The summed E-state index contributed by atoms with van der Waals surface area (Å²) < 4.78 is 5.44. The summed E-state index contributed by atoms with van der Waals surface area (Å²) in [6.07, 6.45) is 2.96. The van der Waals surface area contributed by atoms with Gasteiger partial charge in [-0.15, -0.1) is 0 Å². The SMILES string of the molecule is CC1CC(NC(=O)N2CCCC2(C)C(=O)O)CCO1. The van der Waals surface area contributed by atoms with Gasteiger partial charge in [-0.25, -0.2) is 9.59 Å². The molecule has 3 unspecified atom stereocenters. The highest BCUT2D eigenvalue weighted by Crippen LogP contribution is 2.29. The molecule has 2 rings (SSSR count). The van der Waals surface area contributed by atoms with Gasteiger partial charge in [0.05, 0.1) is 6.10 Å². The number of amides is 2. The number of carboxylic acid groups (broad SMARTS) is 1. The van der Waals surface area contributed by atoms with Crippen molar-refractivity contribution >= 4 is 12.0 Å². The maximum atomic E-state index is 12.3. The molecule has 0 aromatic heterocycles. The van der Waals surface area contributed by atoms with Crippen LogP contribution >= 0.6 is 0 Å². The molecule has 2 heterocycles. The van der Waals surface area contributed by atoms with Gasteiger partial charge in [0.2, 0.25) is 0 Å². The highest BCUT2D eigenvalue weighted by atomic mass is 16.5. The highest BCUT2D eigenvalue weighted by molar-refractivity contribution is 5.86. The fourth-order valence-corrected chi connectivity index (χ4v) is 2.89. The molecule has 0 spiro atoms. The van der Waals surface area contributed by atoms with E-state index in [2.05, 4.69) is 5.32 Å². The summed E-state index contributed by atoms with van der Waals surface area (Å²) in [4.78, 5) is 25.0. The first-order chi connectivity index (χ1) is 8.93. The van der Waals surface area contributed by atoms with Crippen molar-refractivity contribution in [2.75, 3.05) is 13.2 Å². The number of aliphatic carboxylic acids is 1. The molecule has 0 radical (unpaired) electrons. The zero-order chi connectivity index (χ0) is 14.0. The Morgan fingerprint density at radius 1 is 1.47 bits per heavy atom. The second-order valence-electron chi connectivity index (χ2n) is 5.69. The molecule has 2 aliphatic heterocycles. The van der Waals surface area contributed by atoms with E-state index in [1.54, 1.807) is 6.92 Å². The highest BCUT2D eigenvalue weighted by Gasteiger charge is 2.46. The predicted octanol–water partition coefficient (Wildman–Crippen LogP) is 1.20. The van der Waals surface area contributed by atoms with Gasteiger partial charge in [0.15, 0.2) is 0 Å². The van der Waals surface area contributed by atoms with E-state index in [-0.39, 0.29) is 18.2 Å². The van der Waals surface area contributed by atoms with Crippen molar-refractivity contribution in [3.8, 4) is 0 Å². The van der Waals surface area contributed by atoms with Gasteiger partial charge in [-0.05, 0) is 39.5 Å². The molecule has 6 heteroatoms. The van der Waals surface area contributed by atoms with E-state index >= 15 is 0 Å². The third-order valence-corrected chi connectivity index (χ3v) is 4.16. The minimum Gasteiger partial charge on any atom is -0.480 e. The molecule has 108 valence electrons. The van der Waals surface area contributed by atoms with Crippen molar-refractivity contribution in [3.63, 3.8) is 0 Å². The zero-order valence-electron chi connectivity index (χ0n) is 11.5. The van der Waals surface area contributed by atoms with Gasteiger partial charge < -0.3 is 20.1 Å². The quantitative estimate of drug-likeness (QED) is 0.790. The van der Waals surface area contributed by atoms with E-state index in [4.69, 9.17) is 4.74 Å². The van der Waals surface area contributed by atoms with Crippen LogP contribution in [0.4, 0.5) is 4.79 Å². The number of carboxylic acids is 1. The topological polar surface area (TPSA) is 78.9 Å². The summed E-state index contributed by atoms with van der Waals surface area (Å²) in [6.45, 7) is 4.75. The fraction of sp³-hybridized carbons (Fsp3) is 0.846. The molecule has 2 saturated heterocycles. The molecule has 0 bridgehead atoms. The van der Waals surface area contributed by atoms with Crippen LogP contribution in [0.2, 0.25) is 0 Å². The van der Waals surface area contributed by atoms with Gasteiger partial charge in [-0.1, -0.05) is 0 Å². The van der Waals surface area contributed by atoms with Crippen LogP contribution in [0.1, 0.15) is 39.5 Å². The predicted molar refractivity (Wildman–Crippen MR) is 68.9 cm³/mol. The normalized spacial score (nSPS) is 35.2. The largest absolute Gasteiger partial charge is 0.480 e. The minimum atomic E-state index is -1.07. The molecule has 2 N–H and O–H groups in total. The molecule has 0 saturated carbocycles. The van der Waals surface area contributed by atoms with Crippen molar-refractivity contribution in [3.05, 3.63) is 0 Å². The number of hydrogen-bond donors (Lipinski definition) is 2. The van der Waals surface area contributed by atoms with Crippen molar-refractivity contribution in [1.82, 2.24) is 10.2 Å². The number of carbonyl (C=O) groups is 2. The van der Waals surface area contributed by atoms with Gasteiger partial charge in [0, 0.05) is 19.2 Å². The second kappa shape index (κ2) is 5.36. The number of nitrogens with zero attached hydrogens (tertiary/aromatic N) is 1. The van der Waals surface area contributed by atoms with Crippen molar-refractivity contribution in [2.45, 2.75) is 57.2 Å². The summed E-state index contributed by atoms with van der Waals surface area (Å²) in [5.74, 6) is -0.930. The van der Waals surface area contributed by atoms with Crippen LogP contribution in [0.15, 0.2) is 0 Å². The summed E-state index contributed by atoms with van der Waals surface area (Å²) in [6, 6.07) is -0.184. The Morgan fingerprint density at radius 3 is 2.84 bits per heavy atom. The van der Waals surface area contributed by atoms with Gasteiger partial charge >= 0.3 is 12.0 Å². The Kier molecular flexibility index (Phi) is 3.99. The molecular formula is C13H22N2O4. The van der Waals surface area contributed by atoms with E-state index < -0.39 is 11.5 Å². The van der Waals surface area contributed by atoms with Crippen LogP contribution in [-0.4, -0.2) is 52.8 Å². The van der Waals surface area contributed by atoms with E-state index in [9.17, 15) is 14.7 Å². The van der Waals surface area contributed by atoms with Crippen molar-refractivity contribution in [1.29, 1.82) is 0 Å². The minimum absolute atomic E-state index is 0.0786. The van der Waals surface area contributed by atoms with Crippen LogP contribution in [0.3, 0.4) is 0 Å². The Labute approximate surface area is 113 Å². The third-order valence-electron chi connectivity index (χ3n) is 4.16. The Balaban J connectivity index is 1.97. The second-order valence-corrected chi connectivity index (χ2v) is 5.69. The molecule has 3 atom stereocenters.